The summed E-state index contributed by atoms with van der Waals surface area (Å²) in [7, 11) is -1.03. The molecule has 0 radical (unpaired) electrons. The lowest BCUT2D eigenvalue weighted by Gasteiger charge is -2.08. The Morgan fingerprint density at radius 2 is 1.95 bits per heavy atom. The second-order valence-electron chi connectivity index (χ2n) is 4.24. The number of anilines is 1. The summed E-state index contributed by atoms with van der Waals surface area (Å²) in [5, 5.41) is 0. The van der Waals surface area contributed by atoms with Gasteiger partial charge in [-0.1, -0.05) is 24.3 Å². The monoisotopic (exact) mass is 275 g/mol. The molecule has 0 saturated carbocycles. The number of nitrogens with two attached hydrogens (primary N) is 1. The van der Waals surface area contributed by atoms with E-state index in [0.29, 0.717) is 23.8 Å². The van der Waals surface area contributed by atoms with Crippen molar-refractivity contribution < 1.29 is 8.95 Å². The topological polar surface area (TPSA) is 52.3 Å². The van der Waals surface area contributed by atoms with Crippen LogP contribution in [0.15, 0.2) is 53.4 Å². The average Bonchev–Trinajstić information content (AvgIpc) is 2.39. The van der Waals surface area contributed by atoms with Crippen LogP contribution in [-0.4, -0.2) is 16.6 Å². The maximum atomic E-state index is 12.1. The zero-order chi connectivity index (χ0) is 13.7. The van der Waals surface area contributed by atoms with E-state index in [-0.39, 0.29) is 0 Å². The van der Waals surface area contributed by atoms with Crippen molar-refractivity contribution in [2.75, 3.05) is 18.1 Å². The fourth-order valence-corrected chi connectivity index (χ4v) is 2.87. The van der Waals surface area contributed by atoms with Crippen molar-refractivity contribution in [2.24, 2.45) is 0 Å². The van der Waals surface area contributed by atoms with Crippen LogP contribution in [0.5, 0.6) is 5.75 Å². The molecule has 0 spiro atoms. The normalized spacial score (nSPS) is 12.1. The summed E-state index contributed by atoms with van der Waals surface area (Å²) < 4.78 is 17.7. The van der Waals surface area contributed by atoms with Crippen LogP contribution in [0.2, 0.25) is 0 Å². The molecule has 0 aliphatic carbocycles. The highest BCUT2D eigenvalue weighted by molar-refractivity contribution is 7.85. The Bertz CT molecular complexity index is 584. The van der Waals surface area contributed by atoms with Crippen LogP contribution < -0.4 is 10.5 Å². The summed E-state index contributed by atoms with van der Waals surface area (Å²) in [6.07, 6.45) is 0. The Labute approximate surface area is 115 Å². The van der Waals surface area contributed by atoms with Crippen molar-refractivity contribution in [1.82, 2.24) is 0 Å². The molecular weight excluding hydrogens is 258 g/mol. The second-order valence-corrected chi connectivity index (χ2v) is 5.78. The minimum atomic E-state index is -1.03. The third-order valence-electron chi connectivity index (χ3n) is 2.73. The molecule has 0 bridgehead atoms. The molecule has 0 saturated heterocycles. The van der Waals surface area contributed by atoms with E-state index in [9.17, 15) is 4.21 Å². The number of hydrogen-bond acceptors (Lipinski definition) is 3. The fraction of sp³-hybridized carbons (Fsp3) is 0.200. The fourth-order valence-electron chi connectivity index (χ4n) is 1.76. The number of rotatable bonds is 5. The van der Waals surface area contributed by atoms with Crippen LogP contribution in [0.25, 0.3) is 0 Å². The predicted octanol–water partition coefficient (Wildman–Crippen LogP) is 2.76. The van der Waals surface area contributed by atoms with Crippen LogP contribution >= 0.6 is 0 Å². The van der Waals surface area contributed by atoms with Gasteiger partial charge in [-0.2, -0.15) is 0 Å². The van der Waals surface area contributed by atoms with Crippen LogP contribution in [0, 0.1) is 6.92 Å². The van der Waals surface area contributed by atoms with Gasteiger partial charge in [0.1, 0.15) is 12.4 Å². The van der Waals surface area contributed by atoms with Crippen molar-refractivity contribution in [2.45, 2.75) is 11.8 Å². The summed E-state index contributed by atoms with van der Waals surface area (Å²) in [5.74, 6) is 1.18. The highest BCUT2D eigenvalue weighted by Gasteiger charge is 2.06. The second kappa shape index (κ2) is 6.38. The van der Waals surface area contributed by atoms with Gasteiger partial charge >= 0.3 is 0 Å². The largest absolute Gasteiger partial charge is 0.493 e. The Balaban J connectivity index is 1.90. The highest BCUT2D eigenvalue weighted by Crippen LogP contribution is 2.15. The lowest BCUT2D eigenvalue weighted by molar-refractivity contribution is 0.343. The first kappa shape index (κ1) is 13.6. The highest BCUT2D eigenvalue weighted by atomic mass is 32.2. The van der Waals surface area contributed by atoms with E-state index < -0.39 is 10.8 Å². The van der Waals surface area contributed by atoms with E-state index in [1.807, 2.05) is 43.3 Å². The van der Waals surface area contributed by atoms with Gasteiger partial charge in [0.25, 0.3) is 0 Å². The third kappa shape index (κ3) is 3.83. The van der Waals surface area contributed by atoms with Crippen LogP contribution in [-0.2, 0) is 10.8 Å². The molecule has 100 valence electrons. The van der Waals surface area contributed by atoms with Crippen molar-refractivity contribution >= 4 is 16.5 Å². The molecule has 19 heavy (non-hydrogen) atoms. The molecular formula is C15H17NO2S. The van der Waals surface area contributed by atoms with E-state index in [2.05, 4.69) is 0 Å². The average molecular weight is 275 g/mol. The Morgan fingerprint density at radius 1 is 1.16 bits per heavy atom. The molecule has 2 aromatic carbocycles. The van der Waals surface area contributed by atoms with E-state index in [0.717, 1.165) is 10.5 Å². The molecule has 1 unspecified atom stereocenters. The molecule has 2 rings (SSSR count). The lowest BCUT2D eigenvalue weighted by Crippen LogP contribution is -2.09. The third-order valence-corrected chi connectivity index (χ3v) is 4.22. The number of aryl methyl sites for hydroxylation is 1. The van der Waals surface area contributed by atoms with Gasteiger partial charge in [-0.3, -0.25) is 4.21 Å². The molecule has 0 aromatic heterocycles. The summed E-state index contributed by atoms with van der Waals surface area (Å²) >= 11 is 0. The zero-order valence-electron chi connectivity index (χ0n) is 10.8. The van der Waals surface area contributed by atoms with E-state index in [1.165, 1.54) is 0 Å². The standard InChI is InChI=1S/C15H17NO2S/c1-12-5-2-3-8-15(12)19(17)10-9-18-14-7-4-6-13(16)11-14/h2-8,11H,9-10,16H2,1H3. The summed E-state index contributed by atoms with van der Waals surface area (Å²) in [4.78, 5) is 0.874. The molecule has 4 heteroatoms. The van der Waals surface area contributed by atoms with Crippen LogP contribution in [0.4, 0.5) is 5.69 Å². The Morgan fingerprint density at radius 3 is 2.68 bits per heavy atom. The van der Waals surface area contributed by atoms with Gasteiger partial charge < -0.3 is 10.5 Å². The van der Waals surface area contributed by atoms with Gasteiger partial charge in [0.2, 0.25) is 0 Å². The summed E-state index contributed by atoms with van der Waals surface area (Å²) in [6, 6.07) is 14.9. The van der Waals surface area contributed by atoms with Crippen molar-refractivity contribution in [3.8, 4) is 5.75 Å². The quantitative estimate of drug-likeness (QED) is 0.854. The number of nitrogen functional groups attached to an aromatic ring is 1. The molecule has 0 amide bonds. The van der Waals surface area contributed by atoms with E-state index in [4.69, 9.17) is 10.5 Å². The molecule has 1 atom stereocenters. The molecule has 0 aliphatic rings. The van der Waals surface area contributed by atoms with E-state index in [1.54, 1.807) is 12.1 Å². The predicted molar refractivity (Wildman–Crippen MR) is 78.8 cm³/mol. The maximum absolute atomic E-state index is 12.1. The molecule has 3 nitrogen and oxygen atoms in total. The maximum Gasteiger partial charge on any atom is 0.121 e. The minimum absolute atomic E-state index is 0.407. The summed E-state index contributed by atoms with van der Waals surface area (Å²) in [5.41, 5.74) is 7.37. The Kier molecular flexibility index (Phi) is 4.58. The van der Waals surface area contributed by atoms with Gasteiger partial charge in [-0.25, -0.2) is 0 Å². The van der Waals surface area contributed by atoms with Crippen LogP contribution in [0.1, 0.15) is 5.56 Å². The first-order valence-corrected chi connectivity index (χ1v) is 7.41. The zero-order valence-corrected chi connectivity index (χ0v) is 11.7. The van der Waals surface area contributed by atoms with Crippen molar-refractivity contribution in [1.29, 1.82) is 0 Å². The number of ether oxygens (including phenoxy) is 1. The SMILES string of the molecule is Cc1ccccc1S(=O)CCOc1cccc(N)c1. The van der Waals surface area contributed by atoms with Crippen molar-refractivity contribution in [3.05, 3.63) is 54.1 Å². The van der Waals surface area contributed by atoms with Crippen molar-refractivity contribution in [3.63, 3.8) is 0 Å². The molecule has 0 aliphatic heterocycles. The molecule has 0 fully saturated rings. The van der Waals surface area contributed by atoms with Gasteiger partial charge in [-0.15, -0.1) is 0 Å². The van der Waals surface area contributed by atoms with Gasteiger partial charge in [0, 0.05) is 16.6 Å². The van der Waals surface area contributed by atoms with Gasteiger partial charge in [0.05, 0.1) is 16.6 Å². The number of benzene rings is 2. The van der Waals surface area contributed by atoms with Gasteiger partial charge in [-0.05, 0) is 30.7 Å². The minimum Gasteiger partial charge on any atom is -0.493 e. The first-order valence-electron chi connectivity index (χ1n) is 6.09. The summed E-state index contributed by atoms with van der Waals surface area (Å²) in [6.45, 7) is 2.37. The first-order chi connectivity index (χ1) is 9.16. The number of hydrogen-bond donors (Lipinski definition) is 1. The molecule has 0 heterocycles. The molecule has 2 aromatic rings. The molecule has 2 N–H and O–H groups in total. The Hall–Kier alpha value is -1.81. The smallest absolute Gasteiger partial charge is 0.121 e. The lowest BCUT2D eigenvalue weighted by atomic mass is 10.2. The van der Waals surface area contributed by atoms with Crippen LogP contribution in [0.3, 0.4) is 0 Å². The van der Waals surface area contributed by atoms with Gasteiger partial charge in [0.15, 0.2) is 0 Å². The van der Waals surface area contributed by atoms with E-state index >= 15 is 0 Å².